The lowest BCUT2D eigenvalue weighted by Crippen LogP contribution is -2.38. The molecule has 0 aliphatic rings. The van der Waals surface area contributed by atoms with Crippen molar-refractivity contribution in [1.29, 1.82) is 0 Å². The van der Waals surface area contributed by atoms with Gasteiger partial charge in [0.05, 0.1) is 13.2 Å². The zero-order chi connectivity index (χ0) is 17.1. The van der Waals surface area contributed by atoms with Crippen molar-refractivity contribution in [2.75, 3.05) is 33.9 Å². The molecule has 0 bridgehead atoms. The standard InChI is InChI=1S/C15H23F2N3O3.HI/c1-4-22-13-9-11(5-6-12(13)23-14(16)17)10-20-15(18-2)19-7-8-21-3;/h5-6,9,14H,4,7-8,10H2,1-3H3,(H2,18,19,20);1H. The number of nitrogens with one attached hydrogen (secondary N) is 2. The summed E-state index contributed by atoms with van der Waals surface area (Å²) < 4.78 is 39.5. The number of alkyl halides is 2. The van der Waals surface area contributed by atoms with Gasteiger partial charge < -0.3 is 24.8 Å². The smallest absolute Gasteiger partial charge is 0.387 e. The second-order valence-corrected chi connectivity index (χ2v) is 4.44. The zero-order valence-corrected chi connectivity index (χ0v) is 16.3. The maximum atomic E-state index is 12.4. The number of ether oxygens (including phenoxy) is 3. The summed E-state index contributed by atoms with van der Waals surface area (Å²) in [6, 6.07) is 4.82. The normalized spacial score (nSPS) is 11.0. The molecule has 0 radical (unpaired) electrons. The third kappa shape index (κ3) is 8.48. The highest BCUT2D eigenvalue weighted by Gasteiger charge is 2.11. The summed E-state index contributed by atoms with van der Waals surface area (Å²) in [6.07, 6.45) is 0. The van der Waals surface area contributed by atoms with Crippen molar-refractivity contribution in [3.05, 3.63) is 23.8 Å². The fourth-order valence-corrected chi connectivity index (χ4v) is 1.80. The first kappa shape index (κ1) is 22.6. The lowest BCUT2D eigenvalue weighted by atomic mass is 10.2. The summed E-state index contributed by atoms with van der Waals surface area (Å²) in [5.41, 5.74) is 0.852. The quantitative estimate of drug-likeness (QED) is 0.257. The Morgan fingerprint density at radius 2 is 2.00 bits per heavy atom. The highest BCUT2D eigenvalue weighted by molar-refractivity contribution is 14.0. The lowest BCUT2D eigenvalue weighted by Gasteiger charge is -2.14. The first-order chi connectivity index (χ1) is 11.1. The van der Waals surface area contributed by atoms with E-state index in [4.69, 9.17) is 9.47 Å². The van der Waals surface area contributed by atoms with E-state index < -0.39 is 6.61 Å². The SMILES string of the molecule is CCOc1cc(CNC(=NC)NCCOC)ccc1OC(F)F.I. The van der Waals surface area contributed by atoms with Gasteiger partial charge in [0.25, 0.3) is 0 Å². The van der Waals surface area contributed by atoms with Crippen LogP contribution in [0.1, 0.15) is 12.5 Å². The number of rotatable bonds is 9. The van der Waals surface area contributed by atoms with E-state index in [0.29, 0.717) is 32.3 Å². The molecule has 1 rings (SSSR count). The molecule has 0 atom stereocenters. The van der Waals surface area contributed by atoms with Crippen molar-refractivity contribution < 1.29 is 23.0 Å². The lowest BCUT2D eigenvalue weighted by molar-refractivity contribution is -0.0514. The van der Waals surface area contributed by atoms with Gasteiger partial charge in [-0.15, -0.1) is 24.0 Å². The Morgan fingerprint density at radius 1 is 1.25 bits per heavy atom. The average molecular weight is 459 g/mol. The molecule has 1 aromatic carbocycles. The van der Waals surface area contributed by atoms with Gasteiger partial charge in [0.15, 0.2) is 17.5 Å². The van der Waals surface area contributed by atoms with Crippen LogP contribution in [0.5, 0.6) is 11.5 Å². The molecule has 0 spiro atoms. The molecule has 0 aliphatic carbocycles. The highest BCUT2D eigenvalue weighted by atomic mass is 127. The van der Waals surface area contributed by atoms with Crippen LogP contribution in [-0.2, 0) is 11.3 Å². The molecule has 0 amide bonds. The number of guanidine groups is 1. The summed E-state index contributed by atoms with van der Waals surface area (Å²) in [7, 11) is 3.28. The molecule has 0 unspecified atom stereocenters. The van der Waals surface area contributed by atoms with Crippen LogP contribution in [0, 0.1) is 0 Å². The molecule has 0 saturated carbocycles. The van der Waals surface area contributed by atoms with Crippen LogP contribution in [0.3, 0.4) is 0 Å². The average Bonchev–Trinajstić information content (AvgIpc) is 2.52. The minimum Gasteiger partial charge on any atom is -0.490 e. The van der Waals surface area contributed by atoms with E-state index >= 15 is 0 Å². The predicted octanol–water partition coefficient (Wildman–Crippen LogP) is 2.62. The van der Waals surface area contributed by atoms with Gasteiger partial charge in [-0.25, -0.2) is 0 Å². The summed E-state index contributed by atoms with van der Waals surface area (Å²) in [4.78, 5) is 4.07. The van der Waals surface area contributed by atoms with E-state index in [-0.39, 0.29) is 35.5 Å². The molecule has 24 heavy (non-hydrogen) atoms. The molecule has 0 aliphatic heterocycles. The molecular formula is C15H24F2IN3O3. The van der Waals surface area contributed by atoms with Crippen LogP contribution >= 0.6 is 24.0 Å². The van der Waals surface area contributed by atoms with Gasteiger partial charge in [-0.3, -0.25) is 4.99 Å². The number of methoxy groups -OCH3 is 1. The van der Waals surface area contributed by atoms with Gasteiger partial charge in [0.2, 0.25) is 0 Å². The summed E-state index contributed by atoms with van der Waals surface area (Å²) >= 11 is 0. The molecule has 138 valence electrons. The molecule has 0 aromatic heterocycles. The van der Waals surface area contributed by atoms with Crippen molar-refractivity contribution >= 4 is 29.9 Å². The van der Waals surface area contributed by atoms with E-state index in [1.54, 1.807) is 33.2 Å². The monoisotopic (exact) mass is 459 g/mol. The Balaban J connectivity index is 0.00000529. The van der Waals surface area contributed by atoms with Crippen LogP contribution in [0.25, 0.3) is 0 Å². The van der Waals surface area contributed by atoms with E-state index in [1.165, 1.54) is 6.07 Å². The van der Waals surface area contributed by atoms with Gasteiger partial charge in [-0.2, -0.15) is 8.78 Å². The first-order valence-corrected chi connectivity index (χ1v) is 7.24. The maximum Gasteiger partial charge on any atom is 0.387 e. The third-order valence-electron chi connectivity index (χ3n) is 2.81. The number of benzene rings is 1. The fourth-order valence-electron chi connectivity index (χ4n) is 1.80. The van der Waals surface area contributed by atoms with Crippen LogP contribution in [0.4, 0.5) is 8.78 Å². The summed E-state index contributed by atoms with van der Waals surface area (Å²) in [5.74, 6) is 0.926. The largest absolute Gasteiger partial charge is 0.490 e. The molecule has 2 N–H and O–H groups in total. The molecule has 0 saturated heterocycles. The van der Waals surface area contributed by atoms with Gasteiger partial charge in [0.1, 0.15) is 0 Å². The molecule has 9 heteroatoms. The van der Waals surface area contributed by atoms with Crippen LogP contribution in [0.2, 0.25) is 0 Å². The first-order valence-electron chi connectivity index (χ1n) is 7.24. The Hall–Kier alpha value is -1.36. The Bertz CT molecular complexity index is 505. The maximum absolute atomic E-state index is 12.4. The summed E-state index contributed by atoms with van der Waals surface area (Å²) in [6.45, 7) is 0.898. The minimum absolute atomic E-state index is 0. The Kier molecular flexibility index (Phi) is 12.3. The number of nitrogens with zero attached hydrogens (tertiary/aromatic N) is 1. The Morgan fingerprint density at radius 3 is 2.58 bits per heavy atom. The highest BCUT2D eigenvalue weighted by Crippen LogP contribution is 2.29. The van der Waals surface area contributed by atoms with Crippen LogP contribution in [-0.4, -0.2) is 46.5 Å². The van der Waals surface area contributed by atoms with Crippen molar-refractivity contribution in [2.24, 2.45) is 4.99 Å². The second kappa shape index (κ2) is 13.0. The predicted molar refractivity (Wildman–Crippen MR) is 99.7 cm³/mol. The van der Waals surface area contributed by atoms with Gasteiger partial charge in [-0.05, 0) is 24.6 Å². The van der Waals surface area contributed by atoms with E-state index in [2.05, 4.69) is 20.4 Å². The topological polar surface area (TPSA) is 64.1 Å². The minimum atomic E-state index is -2.89. The molecule has 0 heterocycles. The van der Waals surface area contributed by atoms with Gasteiger partial charge in [-0.1, -0.05) is 6.07 Å². The van der Waals surface area contributed by atoms with E-state index in [9.17, 15) is 8.78 Å². The van der Waals surface area contributed by atoms with Crippen molar-refractivity contribution in [1.82, 2.24) is 10.6 Å². The number of aliphatic imine (C=N–C) groups is 1. The second-order valence-electron chi connectivity index (χ2n) is 4.44. The van der Waals surface area contributed by atoms with E-state index in [0.717, 1.165) is 5.56 Å². The number of halogens is 3. The third-order valence-corrected chi connectivity index (χ3v) is 2.81. The zero-order valence-electron chi connectivity index (χ0n) is 14.0. The van der Waals surface area contributed by atoms with E-state index in [1.807, 2.05) is 0 Å². The number of hydrogen-bond donors (Lipinski definition) is 2. The van der Waals surface area contributed by atoms with Crippen molar-refractivity contribution in [3.63, 3.8) is 0 Å². The van der Waals surface area contributed by atoms with Crippen molar-refractivity contribution in [2.45, 2.75) is 20.1 Å². The molecule has 6 nitrogen and oxygen atoms in total. The van der Waals surface area contributed by atoms with Gasteiger partial charge in [0, 0.05) is 27.2 Å². The molecule has 1 aromatic rings. The van der Waals surface area contributed by atoms with Crippen LogP contribution < -0.4 is 20.1 Å². The van der Waals surface area contributed by atoms with Crippen molar-refractivity contribution in [3.8, 4) is 11.5 Å². The number of hydrogen-bond acceptors (Lipinski definition) is 4. The molecular weight excluding hydrogens is 435 g/mol. The Labute approximate surface area is 158 Å². The molecule has 0 fully saturated rings. The summed E-state index contributed by atoms with van der Waals surface area (Å²) in [5, 5.41) is 6.19. The fraction of sp³-hybridized carbons (Fsp3) is 0.533. The van der Waals surface area contributed by atoms with Gasteiger partial charge >= 0.3 is 6.61 Å². The van der Waals surface area contributed by atoms with Crippen LogP contribution in [0.15, 0.2) is 23.2 Å².